The number of fused-ring (bicyclic) bond motifs is 2. The van der Waals surface area contributed by atoms with Crippen molar-refractivity contribution in [3.8, 4) is 5.75 Å². The van der Waals surface area contributed by atoms with Crippen molar-refractivity contribution in [3.05, 3.63) is 102 Å². The lowest BCUT2D eigenvalue weighted by atomic mass is 10.0. The van der Waals surface area contributed by atoms with Crippen molar-refractivity contribution in [2.24, 2.45) is 0 Å². The lowest BCUT2D eigenvalue weighted by molar-refractivity contribution is 0.419. The monoisotopic (exact) mass is 450 g/mol. The largest absolute Gasteiger partial charge is 0.496 e. The van der Waals surface area contributed by atoms with E-state index >= 15 is 0 Å². The molecule has 3 N–H and O–H groups in total. The first-order valence-electron chi connectivity index (χ1n) is 11.8. The van der Waals surface area contributed by atoms with Crippen molar-refractivity contribution in [1.29, 1.82) is 0 Å². The lowest BCUT2D eigenvalue weighted by Gasteiger charge is -2.18. The van der Waals surface area contributed by atoms with Gasteiger partial charge in [0.2, 0.25) is 0 Å². The first kappa shape index (κ1) is 22.0. The van der Waals surface area contributed by atoms with Crippen molar-refractivity contribution in [3.63, 3.8) is 0 Å². The van der Waals surface area contributed by atoms with E-state index in [4.69, 9.17) is 9.72 Å². The normalized spacial score (nSPS) is 12.1. The second-order valence-electron chi connectivity index (χ2n) is 8.52. The molecule has 5 rings (SSSR count). The van der Waals surface area contributed by atoms with Crippen LogP contribution in [0.15, 0.2) is 91.0 Å². The molecule has 0 aliphatic rings. The molecule has 0 aliphatic heterocycles. The predicted octanol–water partition coefficient (Wildman–Crippen LogP) is 6.10. The quantitative estimate of drug-likeness (QED) is 0.225. The van der Waals surface area contributed by atoms with Gasteiger partial charge >= 0.3 is 0 Å². The van der Waals surface area contributed by atoms with Gasteiger partial charge in [-0.15, -0.1) is 0 Å². The zero-order valence-electron chi connectivity index (χ0n) is 19.4. The minimum absolute atomic E-state index is 0.216. The van der Waals surface area contributed by atoms with Gasteiger partial charge in [0.15, 0.2) is 0 Å². The minimum atomic E-state index is 0.216. The third kappa shape index (κ3) is 5.05. The van der Waals surface area contributed by atoms with Crippen molar-refractivity contribution in [1.82, 2.24) is 15.3 Å². The number of methoxy groups -OCH3 is 1. The maximum atomic E-state index is 5.56. The average molecular weight is 451 g/mol. The number of rotatable bonds is 10. The molecule has 0 fully saturated rings. The molecule has 0 saturated heterocycles. The molecule has 5 aromatic rings. The van der Waals surface area contributed by atoms with E-state index in [9.17, 15) is 0 Å². The van der Waals surface area contributed by atoms with Crippen LogP contribution in [0, 0.1) is 0 Å². The Morgan fingerprint density at radius 2 is 1.68 bits per heavy atom. The van der Waals surface area contributed by atoms with E-state index in [0.717, 1.165) is 48.4 Å². The molecule has 3 aromatic carbocycles. The van der Waals surface area contributed by atoms with Crippen LogP contribution in [0.25, 0.3) is 21.8 Å². The van der Waals surface area contributed by atoms with Gasteiger partial charge in [-0.3, -0.25) is 0 Å². The van der Waals surface area contributed by atoms with E-state index < -0.39 is 0 Å². The van der Waals surface area contributed by atoms with E-state index in [1.54, 1.807) is 7.11 Å². The molecule has 1 atom stereocenters. The van der Waals surface area contributed by atoms with Gasteiger partial charge in [0.1, 0.15) is 11.6 Å². The molecule has 2 aromatic heterocycles. The summed E-state index contributed by atoms with van der Waals surface area (Å²) in [5.41, 5.74) is 4.66. The van der Waals surface area contributed by atoms with Crippen LogP contribution < -0.4 is 15.4 Å². The summed E-state index contributed by atoms with van der Waals surface area (Å²) in [5, 5.41) is 9.50. The Morgan fingerprint density at radius 3 is 2.53 bits per heavy atom. The van der Waals surface area contributed by atoms with E-state index in [2.05, 4.69) is 76.3 Å². The second kappa shape index (κ2) is 10.4. The zero-order valence-corrected chi connectivity index (χ0v) is 19.4. The number of ether oxygens (including phenoxy) is 1. The molecule has 0 spiro atoms. The second-order valence-corrected chi connectivity index (χ2v) is 8.52. The smallest absolute Gasteiger partial charge is 0.131 e. The van der Waals surface area contributed by atoms with Crippen molar-refractivity contribution < 1.29 is 4.74 Å². The van der Waals surface area contributed by atoms with Crippen molar-refractivity contribution in [2.45, 2.75) is 18.9 Å². The fraction of sp³-hybridized carbons (Fsp3) is 0.207. The summed E-state index contributed by atoms with van der Waals surface area (Å²) in [6, 6.07) is 31.6. The number of nitrogens with one attached hydrogen (secondary N) is 3. The van der Waals surface area contributed by atoms with Gasteiger partial charge in [0, 0.05) is 29.2 Å². The highest BCUT2D eigenvalue weighted by molar-refractivity contribution is 5.86. The first-order valence-corrected chi connectivity index (χ1v) is 11.8. The van der Waals surface area contributed by atoms with Crippen LogP contribution in [0.5, 0.6) is 5.75 Å². The Labute approximate surface area is 200 Å². The van der Waals surface area contributed by atoms with Crippen molar-refractivity contribution in [2.75, 3.05) is 25.5 Å². The standard InChI is InChI=1S/C29H30N4O/c1-34-28-20-29(33-25-15-8-6-13-23(25)28)31-17-9-16-30-26(18-21-10-3-2-4-11-21)27-19-22-12-5-7-14-24(22)32-27/h2-8,10-15,19-20,26,30,32H,9,16-18H2,1H3,(H,31,33). The lowest BCUT2D eigenvalue weighted by Crippen LogP contribution is -2.26. The summed E-state index contributed by atoms with van der Waals surface area (Å²) in [6.07, 6.45) is 1.91. The molecule has 172 valence electrons. The third-order valence-electron chi connectivity index (χ3n) is 6.16. The summed E-state index contributed by atoms with van der Waals surface area (Å²) < 4.78 is 5.56. The highest BCUT2D eigenvalue weighted by atomic mass is 16.5. The van der Waals surface area contributed by atoms with E-state index in [0.29, 0.717) is 0 Å². The molecule has 0 amide bonds. The number of hydrogen-bond acceptors (Lipinski definition) is 4. The third-order valence-corrected chi connectivity index (χ3v) is 6.16. The van der Waals surface area contributed by atoms with Gasteiger partial charge in [-0.1, -0.05) is 60.7 Å². The summed E-state index contributed by atoms with van der Waals surface area (Å²) >= 11 is 0. The highest BCUT2D eigenvalue weighted by Crippen LogP contribution is 2.27. The SMILES string of the molecule is COc1cc(NCCCNC(Cc2ccccc2)c2cc3ccccc3[nH]2)nc2ccccc12. The topological polar surface area (TPSA) is 62.0 Å². The highest BCUT2D eigenvalue weighted by Gasteiger charge is 2.14. The van der Waals surface area contributed by atoms with E-state index in [1.165, 1.54) is 22.2 Å². The molecular formula is C29H30N4O. The van der Waals surface area contributed by atoms with Crippen LogP contribution in [0.3, 0.4) is 0 Å². The molecule has 0 saturated carbocycles. The molecule has 34 heavy (non-hydrogen) atoms. The summed E-state index contributed by atoms with van der Waals surface area (Å²) in [6.45, 7) is 1.72. The van der Waals surface area contributed by atoms with Gasteiger partial charge in [-0.2, -0.15) is 0 Å². The minimum Gasteiger partial charge on any atom is -0.496 e. The number of aromatic amines is 1. The first-order chi connectivity index (χ1) is 16.8. The number of nitrogens with zero attached hydrogens (tertiary/aromatic N) is 1. The Hall–Kier alpha value is -3.83. The number of para-hydroxylation sites is 2. The van der Waals surface area contributed by atoms with Gasteiger partial charge in [-0.05, 0) is 54.6 Å². The van der Waals surface area contributed by atoms with E-state index in [1.807, 2.05) is 30.3 Å². The van der Waals surface area contributed by atoms with Crippen LogP contribution in [0.2, 0.25) is 0 Å². The zero-order chi connectivity index (χ0) is 23.2. The molecule has 5 heteroatoms. The fourth-order valence-corrected chi connectivity index (χ4v) is 4.41. The molecule has 2 heterocycles. The van der Waals surface area contributed by atoms with Crippen LogP contribution >= 0.6 is 0 Å². The fourth-order valence-electron chi connectivity index (χ4n) is 4.41. The molecule has 5 nitrogen and oxygen atoms in total. The van der Waals surface area contributed by atoms with Crippen LogP contribution in [0.1, 0.15) is 23.7 Å². The Morgan fingerprint density at radius 1 is 0.882 bits per heavy atom. The van der Waals surface area contributed by atoms with Gasteiger partial charge < -0.3 is 20.4 Å². The molecule has 0 bridgehead atoms. The average Bonchev–Trinajstić information content (AvgIpc) is 3.32. The Kier molecular flexibility index (Phi) is 6.73. The van der Waals surface area contributed by atoms with Gasteiger partial charge in [0.05, 0.1) is 18.7 Å². The van der Waals surface area contributed by atoms with Crippen LogP contribution in [0.4, 0.5) is 5.82 Å². The predicted molar refractivity (Wildman–Crippen MR) is 141 cm³/mol. The molecular weight excluding hydrogens is 420 g/mol. The summed E-state index contributed by atoms with van der Waals surface area (Å²) in [5.74, 6) is 1.68. The number of benzene rings is 3. The van der Waals surface area contributed by atoms with Gasteiger partial charge in [-0.25, -0.2) is 4.98 Å². The number of hydrogen-bond donors (Lipinski definition) is 3. The van der Waals surface area contributed by atoms with E-state index in [-0.39, 0.29) is 6.04 Å². The number of anilines is 1. The maximum absolute atomic E-state index is 5.56. The molecule has 0 aliphatic carbocycles. The van der Waals surface area contributed by atoms with Crippen molar-refractivity contribution >= 4 is 27.6 Å². The molecule has 0 radical (unpaired) electrons. The number of H-pyrrole nitrogens is 1. The number of pyridine rings is 1. The molecule has 1 unspecified atom stereocenters. The van der Waals surface area contributed by atoms with Crippen LogP contribution in [-0.4, -0.2) is 30.2 Å². The summed E-state index contributed by atoms with van der Waals surface area (Å²) in [4.78, 5) is 8.34. The maximum Gasteiger partial charge on any atom is 0.131 e. The van der Waals surface area contributed by atoms with Crippen LogP contribution in [-0.2, 0) is 6.42 Å². The number of aromatic nitrogens is 2. The Balaban J connectivity index is 1.23. The summed E-state index contributed by atoms with van der Waals surface area (Å²) in [7, 11) is 1.70. The Bertz CT molecular complexity index is 1330. The van der Waals surface area contributed by atoms with Gasteiger partial charge in [0.25, 0.3) is 0 Å².